The van der Waals surface area contributed by atoms with Crippen LogP contribution in [0.15, 0.2) is 17.8 Å². The molecule has 6 nitrogen and oxygen atoms in total. The van der Waals surface area contributed by atoms with E-state index in [4.69, 9.17) is 5.73 Å². The Labute approximate surface area is 120 Å². The van der Waals surface area contributed by atoms with Gasteiger partial charge in [-0.15, -0.1) is 23.7 Å². The quantitative estimate of drug-likeness (QED) is 0.760. The number of aromatic nitrogens is 5. The van der Waals surface area contributed by atoms with Crippen LogP contribution in [0.4, 0.5) is 5.13 Å². The number of nitrogens with zero attached hydrogens (tertiary/aromatic N) is 4. The summed E-state index contributed by atoms with van der Waals surface area (Å²) in [6, 6.07) is 2.08. The number of nitrogen functional groups attached to an aromatic ring is 1. The summed E-state index contributed by atoms with van der Waals surface area (Å²) in [6.07, 6.45) is 1.49. The number of halogens is 1. The largest absolute Gasteiger partial charge is 0.375 e. The van der Waals surface area contributed by atoms with Crippen molar-refractivity contribution < 1.29 is 0 Å². The number of rotatable bonds is 2. The number of aromatic amines is 1. The molecule has 19 heavy (non-hydrogen) atoms. The molecular formula is C11H13ClN6S. The zero-order valence-electron chi connectivity index (χ0n) is 10.4. The molecule has 100 valence electrons. The van der Waals surface area contributed by atoms with E-state index in [1.807, 2.05) is 23.8 Å². The molecule has 0 aliphatic rings. The summed E-state index contributed by atoms with van der Waals surface area (Å²) in [5.41, 5.74) is 9.78. The summed E-state index contributed by atoms with van der Waals surface area (Å²) in [7, 11) is 0. The van der Waals surface area contributed by atoms with Gasteiger partial charge >= 0.3 is 0 Å². The Balaban J connectivity index is 0.00000133. The fraction of sp³-hybridized carbons (Fsp3) is 0.182. The first-order valence-electron chi connectivity index (χ1n) is 5.43. The molecule has 3 rings (SSSR count). The van der Waals surface area contributed by atoms with Gasteiger partial charge in [-0.05, 0) is 19.9 Å². The van der Waals surface area contributed by atoms with Crippen molar-refractivity contribution in [2.24, 2.45) is 0 Å². The van der Waals surface area contributed by atoms with Gasteiger partial charge in [-0.3, -0.25) is 4.57 Å². The molecule has 0 aromatic carbocycles. The number of anilines is 1. The van der Waals surface area contributed by atoms with Crippen molar-refractivity contribution >= 4 is 28.9 Å². The molecule has 0 aliphatic carbocycles. The highest BCUT2D eigenvalue weighted by Gasteiger charge is 2.15. The summed E-state index contributed by atoms with van der Waals surface area (Å²) >= 11 is 1.44. The fourth-order valence-corrected chi connectivity index (χ4v) is 2.63. The average molecular weight is 297 g/mol. The fourth-order valence-electron chi connectivity index (χ4n) is 2.07. The number of hydrogen-bond donors (Lipinski definition) is 2. The molecular weight excluding hydrogens is 284 g/mol. The molecule has 0 aliphatic heterocycles. The molecule has 0 bridgehead atoms. The predicted molar refractivity (Wildman–Crippen MR) is 78.0 cm³/mol. The lowest BCUT2D eigenvalue weighted by Crippen LogP contribution is -2.01. The molecule has 8 heteroatoms. The van der Waals surface area contributed by atoms with E-state index in [0.29, 0.717) is 11.1 Å². The Kier molecular flexibility index (Phi) is 3.59. The van der Waals surface area contributed by atoms with Gasteiger partial charge in [0.1, 0.15) is 6.33 Å². The second-order valence-electron chi connectivity index (χ2n) is 4.00. The van der Waals surface area contributed by atoms with Gasteiger partial charge in [0.25, 0.3) is 0 Å². The Hall–Kier alpha value is -1.86. The van der Waals surface area contributed by atoms with E-state index >= 15 is 0 Å². The van der Waals surface area contributed by atoms with Crippen LogP contribution in [0.1, 0.15) is 11.4 Å². The molecule has 3 aromatic rings. The maximum Gasteiger partial charge on any atom is 0.229 e. The second kappa shape index (κ2) is 5.02. The summed E-state index contributed by atoms with van der Waals surface area (Å²) < 4.78 is 2.01. The van der Waals surface area contributed by atoms with Crippen molar-refractivity contribution in [2.45, 2.75) is 13.8 Å². The second-order valence-corrected chi connectivity index (χ2v) is 4.89. The van der Waals surface area contributed by atoms with Gasteiger partial charge in [-0.2, -0.15) is 10.1 Å². The molecule has 3 aromatic heterocycles. The summed E-state index contributed by atoms with van der Waals surface area (Å²) in [5.74, 6) is 0.708. The first-order valence-corrected chi connectivity index (χ1v) is 6.31. The molecule has 0 atom stereocenters. The first-order chi connectivity index (χ1) is 8.66. The van der Waals surface area contributed by atoms with Crippen molar-refractivity contribution in [1.82, 2.24) is 24.7 Å². The van der Waals surface area contributed by atoms with Gasteiger partial charge in [0.15, 0.2) is 5.13 Å². The number of H-pyrrole nitrogens is 1. The van der Waals surface area contributed by atoms with Crippen molar-refractivity contribution in [2.75, 3.05) is 5.73 Å². The molecule has 3 N–H and O–H groups in total. The van der Waals surface area contributed by atoms with Crippen LogP contribution in [0.2, 0.25) is 0 Å². The molecule has 0 saturated heterocycles. The lowest BCUT2D eigenvalue weighted by molar-refractivity contribution is 0.879. The van der Waals surface area contributed by atoms with E-state index in [9.17, 15) is 0 Å². The number of hydrogen-bond acceptors (Lipinski definition) is 5. The maximum atomic E-state index is 5.68. The van der Waals surface area contributed by atoms with Gasteiger partial charge in [0.05, 0.1) is 5.69 Å². The van der Waals surface area contributed by atoms with Crippen LogP contribution < -0.4 is 5.73 Å². The molecule has 0 amide bonds. The number of nitrogens with two attached hydrogens (primary N) is 1. The molecule has 0 spiro atoms. The Morgan fingerprint density at radius 3 is 2.74 bits per heavy atom. The SMILES string of the molecule is Cc1cc(-c2csc(N)n2)c(C)n1-c1ncn[nH]1.Cl. The molecule has 0 saturated carbocycles. The van der Waals surface area contributed by atoms with E-state index in [-0.39, 0.29) is 12.4 Å². The minimum atomic E-state index is 0. The molecule has 0 unspecified atom stereocenters. The molecule has 3 heterocycles. The number of thiazole rings is 1. The average Bonchev–Trinajstić information content (AvgIpc) is 3.01. The third kappa shape index (κ3) is 2.22. The zero-order chi connectivity index (χ0) is 12.7. The predicted octanol–water partition coefficient (Wildman–Crippen LogP) is 2.34. The van der Waals surface area contributed by atoms with E-state index in [1.54, 1.807) is 0 Å². The lowest BCUT2D eigenvalue weighted by atomic mass is 10.2. The van der Waals surface area contributed by atoms with Crippen LogP contribution >= 0.6 is 23.7 Å². The molecule has 0 fully saturated rings. The van der Waals surface area contributed by atoms with Gasteiger partial charge in [-0.25, -0.2) is 10.1 Å². The normalized spacial score (nSPS) is 10.4. The van der Waals surface area contributed by atoms with Gasteiger partial charge in [-0.1, -0.05) is 0 Å². The third-order valence-corrected chi connectivity index (χ3v) is 3.52. The van der Waals surface area contributed by atoms with Gasteiger partial charge in [0, 0.05) is 22.3 Å². The van der Waals surface area contributed by atoms with Crippen molar-refractivity contribution in [1.29, 1.82) is 0 Å². The maximum absolute atomic E-state index is 5.68. The van der Waals surface area contributed by atoms with Crippen molar-refractivity contribution in [3.8, 4) is 17.2 Å². The van der Waals surface area contributed by atoms with E-state index in [2.05, 4.69) is 26.2 Å². The Bertz CT molecular complexity index is 684. The zero-order valence-corrected chi connectivity index (χ0v) is 12.0. The highest BCUT2D eigenvalue weighted by atomic mass is 35.5. The van der Waals surface area contributed by atoms with Crippen LogP contribution in [-0.4, -0.2) is 24.7 Å². The number of aryl methyl sites for hydroxylation is 1. The van der Waals surface area contributed by atoms with E-state index in [0.717, 1.165) is 22.6 Å². The van der Waals surface area contributed by atoms with Crippen LogP contribution in [-0.2, 0) is 0 Å². The lowest BCUT2D eigenvalue weighted by Gasteiger charge is -2.04. The minimum absolute atomic E-state index is 0. The Morgan fingerprint density at radius 2 is 2.16 bits per heavy atom. The third-order valence-electron chi connectivity index (χ3n) is 2.84. The summed E-state index contributed by atoms with van der Waals surface area (Å²) in [6.45, 7) is 4.05. The highest BCUT2D eigenvalue weighted by Crippen LogP contribution is 2.29. The topological polar surface area (TPSA) is 85.4 Å². The van der Waals surface area contributed by atoms with Crippen LogP contribution in [0, 0.1) is 13.8 Å². The smallest absolute Gasteiger partial charge is 0.229 e. The minimum Gasteiger partial charge on any atom is -0.375 e. The summed E-state index contributed by atoms with van der Waals surface area (Å²) in [4.78, 5) is 8.49. The monoisotopic (exact) mass is 296 g/mol. The standard InChI is InChI=1S/C11H12N6S.ClH/c1-6-3-8(9-4-18-10(12)15-9)7(2)17(6)11-13-5-14-16-11;/h3-5H,1-2H3,(H2,12,15)(H,13,14,16);1H. The van der Waals surface area contributed by atoms with Crippen LogP contribution in [0.5, 0.6) is 0 Å². The van der Waals surface area contributed by atoms with E-state index < -0.39 is 0 Å². The van der Waals surface area contributed by atoms with Gasteiger partial charge in [0.2, 0.25) is 5.95 Å². The van der Waals surface area contributed by atoms with Crippen molar-refractivity contribution in [3.05, 3.63) is 29.2 Å². The van der Waals surface area contributed by atoms with Crippen LogP contribution in [0.3, 0.4) is 0 Å². The van der Waals surface area contributed by atoms with Crippen LogP contribution in [0.25, 0.3) is 17.2 Å². The van der Waals surface area contributed by atoms with E-state index in [1.165, 1.54) is 17.7 Å². The first kappa shape index (κ1) is 13.6. The highest BCUT2D eigenvalue weighted by molar-refractivity contribution is 7.13. The molecule has 0 radical (unpaired) electrons. The van der Waals surface area contributed by atoms with Crippen molar-refractivity contribution in [3.63, 3.8) is 0 Å². The Morgan fingerprint density at radius 1 is 1.37 bits per heavy atom. The van der Waals surface area contributed by atoms with Gasteiger partial charge < -0.3 is 5.73 Å². The summed E-state index contributed by atoms with van der Waals surface area (Å²) in [5, 5.41) is 9.28. The number of nitrogens with one attached hydrogen (secondary N) is 1.